The lowest BCUT2D eigenvalue weighted by Crippen LogP contribution is -2.13. The highest BCUT2D eigenvalue weighted by molar-refractivity contribution is 9.10. The lowest BCUT2D eigenvalue weighted by Gasteiger charge is -2.30. The van der Waals surface area contributed by atoms with Crippen LogP contribution in [0.1, 0.15) is 0 Å². The fourth-order valence-electron chi connectivity index (χ4n) is 4.75. The second-order valence-electron chi connectivity index (χ2n) is 9.26. The molecule has 6 rings (SSSR count). The van der Waals surface area contributed by atoms with E-state index in [-0.39, 0.29) is 0 Å². The second-order valence-corrected chi connectivity index (χ2v) is 10.2. The van der Waals surface area contributed by atoms with E-state index in [1.54, 1.807) is 0 Å². The first-order chi connectivity index (χ1) is 19.7. The number of halogens is 1. The van der Waals surface area contributed by atoms with Gasteiger partial charge in [-0.3, -0.25) is 0 Å². The van der Waals surface area contributed by atoms with Crippen LogP contribution in [-0.2, 0) is 0 Å². The number of ether oxygens (including phenoxy) is 1. The molecule has 0 spiro atoms. The number of rotatable bonds is 8. The molecule has 0 saturated carbocycles. The van der Waals surface area contributed by atoms with Crippen LogP contribution in [-0.4, -0.2) is 0 Å². The molecule has 0 radical (unpaired) electrons. The highest BCUT2D eigenvalue weighted by Crippen LogP contribution is 2.43. The molecule has 4 heteroatoms. The summed E-state index contributed by atoms with van der Waals surface area (Å²) in [5.41, 5.74) is 6.17. The molecule has 0 aliphatic heterocycles. The van der Waals surface area contributed by atoms with E-state index >= 15 is 0 Å². The first-order valence-electron chi connectivity index (χ1n) is 13.1. The largest absolute Gasteiger partial charge is 0.457 e. The normalized spacial score (nSPS) is 10.6. The van der Waals surface area contributed by atoms with Crippen molar-refractivity contribution >= 4 is 50.1 Å². The van der Waals surface area contributed by atoms with Crippen LogP contribution in [0.2, 0.25) is 0 Å². The first-order valence-corrected chi connectivity index (χ1v) is 13.9. The van der Waals surface area contributed by atoms with Crippen molar-refractivity contribution < 1.29 is 4.74 Å². The molecule has 0 atom stereocenters. The summed E-state index contributed by atoms with van der Waals surface area (Å²) < 4.78 is 7.48. The minimum Gasteiger partial charge on any atom is -0.457 e. The van der Waals surface area contributed by atoms with Crippen LogP contribution >= 0.6 is 15.9 Å². The molecule has 0 fully saturated rings. The van der Waals surface area contributed by atoms with Gasteiger partial charge in [-0.25, -0.2) is 0 Å². The van der Waals surface area contributed by atoms with Gasteiger partial charge in [-0.15, -0.1) is 0 Å². The lowest BCUT2D eigenvalue weighted by molar-refractivity contribution is 0.483. The van der Waals surface area contributed by atoms with E-state index in [9.17, 15) is 0 Å². The Morgan fingerprint density at radius 3 is 1.25 bits per heavy atom. The van der Waals surface area contributed by atoms with Crippen LogP contribution in [0.4, 0.5) is 34.1 Å². The van der Waals surface area contributed by atoms with Crippen LogP contribution in [0.3, 0.4) is 0 Å². The van der Waals surface area contributed by atoms with Crippen molar-refractivity contribution in [3.05, 3.63) is 168 Å². The first kappa shape index (κ1) is 25.5. The highest BCUT2D eigenvalue weighted by atomic mass is 79.9. The molecule has 40 heavy (non-hydrogen) atoms. The molecule has 3 nitrogen and oxygen atoms in total. The van der Waals surface area contributed by atoms with Crippen LogP contribution in [0.25, 0.3) is 0 Å². The van der Waals surface area contributed by atoms with Gasteiger partial charge in [0.15, 0.2) is 0 Å². The average molecular weight is 584 g/mol. The Bertz CT molecular complexity index is 1640. The summed E-state index contributed by atoms with van der Waals surface area (Å²) in [6.07, 6.45) is 0. The summed E-state index contributed by atoms with van der Waals surface area (Å²) in [6, 6.07) is 55.9. The molecule has 6 aromatic carbocycles. The van der Waals surface area contributed by atoms with Gasteiger partial charge in [0.05, 0.1) is 11.4 Å². The van der Waals surface area contributed by atoms with E-state index in [0.29, 0.717) is 0 Å². The van der Waals surface area contributed by atoms with E-state index in [4.69, 9.17) is 4.74 Å². The summed E-state index contributed by atoms with van der Waals surface area (Å²) in [6.45, 7) is 0. The van der Waals surface area contributed by atoms with E-state index in [1.165, 1.54) is 0 Å². The van der Waals surface area contributed by atoms with Gasteiger partial charge in [0.1, 0.15) is 11.5 Å². The van der Waals surface area contributed by atoms with Gasteiger partial charge in [-0.2, -0.15) is 0 Å². The molecular formula is C36H27BrN2O. The molecule has 0 aliphatic rings. The molecular weight excluding hydrogens is 556 g/mol. The molecule has 0 N–H and O–H groups in total. The van der Waals surface area contributed by atoms with Gasteiger partial charge < -0.3 is 14.5 Å². The fourth-order valence-corrected chi connectivity index (χ4v) is 5.14. The highest BCUT2D eigenvalue weighted by Gasteiger charge is 2.19. The summed E-state index contributed by atoms with van der Waals surface area (Å²) in [5.74, 6) is 1.52. The smallest absolute Gasteiger partial charge is 0.131 e. The third-order valence-corrected chi connectivity index (χ3v) is 6.97. The van der Waals surface area contributed by atoms with Crippen molar-refractivity contribution in [1.29, 1.82) is 0 Å². The third-order valence-electron chi connectivity index (χ3n) is 6.48. The minimum absolute atomic E-state index is 0.742. The number of nitrogens with zero attached hydrogens (tertiary/aromatic N) is 2. The zero-order valence-corrected chi connectivity index (χ0v) is 23.4. The molecule has 194 valence electrons. The van der Waals surface area contributed by atoms with Crippen LogP contribution in [0.15, 0.2) is 168 Å². The summed E-state index contributed by atoms with van der Waals surface area (Å²) in [7, 11) is 0. The van der Waals surface area contributed by atoms with Gasteiger partial charge in [0, 0.05) is 39.4 Å². The molecule has 0 saturated heterocycles. The fraction of sp³-hybridized carbons (Fsp3) is 0. The maximum absolute atomic E-state index is 6.46. The van der Waals surface area contributed by atoms with E-state index in [0.717, 1.165) is 50.1 Å². The third kappa shape index (κ3) is 5.78. The maximum atomic E-state index is 6.46. The van der Waals surface area contributed by atoms with Crippen LogP contribution in [0, 0.1) is 0 Å². The Labute approximate surface area is 243 Å². The zero-order valence-electron chi connectivity index (χ0n) is 21.8. The number of anilines is 6. The van der Waals surface area contributed by atoms with Gasteiger partial charge in [-0.05, 0) is 72.8 Å². The Hall–Kier alpha value is -4.80. The Morgan fingerprint density at radius 1 is 0.350 bits per heavy atom. The monoisotopic (exact) mass is 582 g/mol. The topological polar surface area (TPSA) is 15.7 Å². The predicted octanol–water partition coefficient (Wildman–Crippen LogP) is 11.2. The summed E-state index contributed by atoms with van der Waals surface area (Å²) >= 11 is 3.67. The SMILES string of the molecule is Brc1cccc(N(c2ccccc2)c2cc(Oc3ccccc3)cc(N(c3ccccc3)c3ccccc3)c2)c1. The number of benzene rings is 6. The van der Waals surface area contributed by atoms with Gasteiger partial charge in [0.25, 0.3) is 0 Å². The Morgan fingerprint density at radius 2 is 0.775 bits per heavy atom. The van der Waals surface area contributed by atoms with E-state index in [2.05, 4.69) is 135 Å². The van der Waals surface area contributed by atoms with Crippen LogP contribution < -0.4 is 14.5 Å². The van der Waals surface area contributed by atoms with Crippen LogP contribution in [0.5, 0.6) is 11.5 Å². The number of hydrogen-bond donors (Lipinski definition) is 0. The van der Waals surface area contributed by atoms with Gasteiger partial charge in [-0.1, -0.05) is 94.8 Å². The van der Waals surface area contributed by atoms with Gasteiger partial charge in [0.2, 0.25) is 0 Å². The summed E-state index contributed by atoms with van der Waals surface area (Å²) in [5, 5.41) is 0. The van der Waals surface area contributed by atoms with E-state index < -0.39 is 0 Å². The molecule has 0 heterocycles. The predicted molar refractivity (Wildman–Crippen MR) is 170 cm³/mol. The number of hydrogen-bond acceptors (Lipinski definition) is 3. The molecule has 0 unspecified atom stereocenters. The molecule has 0 bridgehead atoms. The van der Waals surface area contributed by atoms with Crippen molar-refractivity contribution in [2.24, 2.45) is 0 Å². The molecule has 0 aliphatic carbocycles. The standard InChI is InChI=1S/C36H27BrN2O/c37-28-14-13-21-32(24-28)39(31-19-9-3-10-20-31)34-25-33(26-36(27-34)40-35-22-11-4-12-23-35)38(29-15-5-1-6-16-29)30-17-7-2-8-18-30/h1-27H. The Kier molecular flexibility index (Phi) is 7.60. The quantitative estimate of drug-likeness (QED) is 0.177. The second kappa shape index (κ2) is 11.9. The average Bonchev–Trinajstić information content (AvgIpc) is 3.00. The van der Waals surface area contributed by atoms with Gasteiger partial charge >= 0.3 is 0 Å². The van der Waals surface area contributed by atoms with Crippen molar-refractivity contribution in [1.82, 2.24) is 0 Å². The van der Waals surface area contributed by atoms with E-state index in [1.807, 2.05) is 54.6 Å². The summed E-state index contributed by atoms with van der Waals surface area (Å²) in [4.78, 5) is 4.51. The minimum atomic E-state index is 0.742. The van der Waals surface area contributed by atoms with Crippen molar-refractivity contribution in [2.75, 3.05) is 9.80 Å². The Balaban J connectivity index is 1.58. The maximum Gasteiger partial charge on any atom is 0.131 e. The number of para-hydroxylation sites is 4. The molecule has 0 aromatic heterocycles. The molecule has 0 amide bonds. The molecule has 6 aromatic rings. The lowest BCUT2D eigenvalue weighted by atomic mass is 10.1. The van der Waals surface area contributed by atoms with Crippen molar-refractivity contribution in [3.8, 4) is 11.5 Å². The van der Waals surface area contributed by atoms with Crippen molar-refractivity contribution in [2.45, 2.75) is 0 Å². The van der Waals surface area contributed by atoms with Crippen molar-refractivity contribution in [3.63, 3.8) is 0 Å². The zero-order chi connectivity index (χ0) is 27.1.